The highest BCUT2D eigenvalue weighted by molar-refractivity contribution is 5.74. The molecule has 3 rings (SSSR count). The second-order valence-corrected chi connectivity index (χ2v) is 6.79. The third-order valence-electron chi connectivity index (χ3n) is 4.87. The monoisotopic (exact) mass is 337 g/mol. The fourth-order valence-corrected chi connectivity index (χ4v) is 3.33. The Labute approximate surface area is 150 Å². The largest absolute Gasteiger partial charge is 0.334 e. The quantitative estimate of drug-likeness (QED) is 0.906. The van der Waals surface area contributed by atoms with Gasteiger partial charge in [0, 0.05) is 19.1 Å². The van der Waals surface area contributed by atoms with E-state index in [2.05, 4.69) is 29.4 Å². The molecule has 4 nitrogen and oxygen atoms in total. The number of benzene rings is 2. The zero-order valence-electron chi connectivity index (χ0n) is 14.9. The van der Waals surface area contributed by atoms with Crippen molar-refractivity contribution in [3.05, 3.63) is 71.8 Å². The predicted molar refractivity (Wildman–Crippen MR) is 101 cm³/mol. The molecule has 1 heterocycles. The third-order valence-corrected chi connectivity index (χ3v) is 4.87. The van der Waals surface area contributed by atoms with E-state index in [0.717, 1.165) is 31.5 Å². The Morgan fingerprint density at radius 1 is 1.00 bits per heavy atom. The van der Waals surface area contributed by atoms with Crippen LogP contribution in [0.5, 0.6) is 0 Å². The average molecular weight is 337 g/mol. The molecule has 2 aromatic carbocycles. The summed E-state index contributed by atoms with van der Waals surface area (Å²) >= 11 is 0. The Balaban J connectivity index is 1.67. The molecule has 132 valence electrons. The summed E-state index contributed by atoms with van der Waals surface area (Å²) < 4.78 is 0. The van der Waals surface area contributed by atoms with E-state index < -0.39 is 0 Å². The minimum atomic E-state index is 0.0299. The van der Waals surface area contributed by atoms with E-state index in [1.807, 2.05) is 53.4 Å². The molecule has 0 radical (unpaired) electrons. The van der Waals surface area contributed by atoms with Gasteiger partial charge in [-0.05, 0) is 44.1 Å². The summed E-state index contributed by atoms with van der Waals surface area (Å²) in [5.41, 5.74) is 2.30. The first-order valence-electron chi connectivity index (χ1n) is 9.03. The highest BCUT2D eigenvalue weighted by Gasteiger charge is 2.26. The summed E-state index contributed by atoms with van der Waals surface area (Å²) in [5, 5.41) is 3.10. The maximum atomic E-state index is 12.9. The Morgan fingerprint density at radius 3 is 2.16 bits per heavy atom. The maximum Gasteiger partial charge on any atom is 0.318 e. The molecule has 0 unspecified atom stereocenters. The van der Waals surface area contributed by atoms with Gasteiger partial charge in [-0.25, -0.2) is 4.79 Å². The Hall–Kier alpha value is -2.33. The molecule has 1 fully saturated rings. The number of hydrogen-bond acceptors (Lipinski definition) is 2. The zero-order valence-corrected chi connectivity index (χ0v) is 14.9. The molecular formula is C21H27N3O. The van der Waals surface area contributed by atoms with Crippen molar-refractivity contribution in [2.24, 2.45) is 0 Å². The van der Waals surface area contributed by atoms with Crippen molar-refractivity contribution in [1.82, 2.24) is 15.1 Å². The van der Waals surface area contributed by atoms with Crippen LogP contribution in [0.15, 0.2) is 60.7 Å². The first-order chi connectivity index (χ1) is 12.2. The molecule has 0 spiro atoms. The van der Waals surface area contributed by atoms with Crippen LogP contribution >= 0.6 is 0 Å². The second-order valence-electron chi connectivity index (χ2n) is 6.79. The molecule has 1 aliphatic heterocycles. The summed E-state index contributed by atoms with van der Waals surface area (Å²) in [6, 6.07) is 20.7. The van der Waals surface area contributed by atoms with Gasteiger partial charge in [0.1, 0.15) is 0 Å². The molecule has 1 saturated heterocycles. The van der Waals surface area contributed by atoms with Gasteiger partial charge in [0.25, 0.3) is 0 Å². The minimum absolute atomic E-state index is 0.0299. The number of carbonyl (C=O) groups excluding carboxylic acids is 1. The van der Waals surface area contributed by atoms with Gasteiger partial charge in [-0.1, -0.05) is 60.7 Å². The number of piperidine rings is 1. The van der Waals surface area contributed by atoms with E-state index in [4.69, 9.17) is 0 Å². The van der Waals surface area contributed by atoms with Gasteiger partial charge in [0.05, 0.1) is 0 Å². The number of rotatable bonds is 5. The van der Waals surface area contributed by atoms with Crippen LogP contribution in [-0.4, -0.2) is 42.0 Å². The number of hydrogen-bond donors (Lipinski definition) is 1. The molecular weight excluding hydrogens is 310 g/mol. The SMILES string of the molecule is CN1CCC(N(Cc2ccccc2)C(=O)NCc2ccccc2)CC1. The molecule has 2 aromatic rings. The van der Waals surface area contributed by atoms with Crippen molar-refractivity contribution in [2.45, 2.75) is 32.0 Å². The molecule has 0 atom stereocenters. The summed E-state index contributed by atoms with van der Waals surface area (Å²) in [5.74, 6) is 0. The van der Waals surface area contributed by atoms with Crippen LogP contribution in [0.3, 0.4) is 0 Å². The number of urea groups is 1. The molecule has 0 bridgehead atoms. The lowest BCUT2D eigenvalue weighted by molar-refractivity contribution is 0.127. The molecule has 0 saturated carbocycles. The summed E-state index contributed by atoms with van der Waals surface area (Å²) in [4.78, 5) is 17.3. The normalized spacial score (nSPS) is 15.7. The van der Waals surface area contributed by atoms with Gasteiger partial charge in [-0.3, -0.25) is 0 Å². The summed E-state index contributed by atoms with van der Waals surface area (Å²) in [6.07, 6.45) is 2.06. The number of nitrogens with one attached hydrogen (secondary N) is 1. The van der Waals surface area contributed by atoms with Gasteiger partial charge < -0.3 is 15.1 Å². The van der Waals surface area contributed by atoms with Gasteiger partial charge in [-0.15, -0.1) is 0 Å². The van der Waals surface area contributed by atoms with E-state index in [-0.39, 0.29) is 6.03 Å². The summed E-state index contributed by atoms with van der Waals surface area (Å²) in [7, 11) is 2.15. The van der Waals surface area contributed by atoms with Gasteiger partial charge in [-0.2, -0.15) is 0 Å². The lowest BCUT2D eigenvalue weighted by Crippen LogP contribution is -2.49. The molecule has 1 aliphatic rings. The Kier molecular flexibility index (Phi) is 6.07. The van der Waals surface area contributed by atoms with Crippen molar-refractivity contribution in [3.63, 3.8) is 0 Å². The van der Waals surface area contributed by atoms with Crippen molar-refractivity contribution in [3.8, 4) is 0 Å². The Morgan fingerprint density at radius 2 is 1.56 bits per heavy atom. The fraction of sp³-hybridized carbons (Fsp3) is 0.381. The van der Waals surface area contributed by atoms with Crippen LogP contribution < -0.4 is 5.32 Å². The molecule has 0 aliphatic carbocycles. The van der Waals surface area contributed by atoms with Gasteiger partial charge in [0.15, 0.2) is 0 Å². The average Bonchev–Trinajstić information content (AvgIpc) is 2.67. The molecule has 1 N–H and O–H groups in total. The first-order valence-corrected chi connectivity index (χ1v) is 9.03. The summed E-state index contributed by atoms with van der Waals surface area (Å²) in [6.45, 7) is 3.32. The zero-order chi connectivity index (χ0) is 17.5. The van der Waals surface area contributed by atoms with E-state index in [0.29, 0.717) is 19.1 Å². The van der Waals surface area contributed by atoms with Crippen LogP contribution in [0, 0.1) is 0 Å². The van der Waals surface area contributed by atoms with Crippen molar-refractivity contribution in [2.75, 3.05) is 20.1 Å². The van der Waals surface area contributed by atoms with E-state index in [9.17, 15) is 4.79 Å². The number of nitrogens with zero attached hydrogens (tertiary/aromatic N) is 2. The van der Waals surface area contributed by atoms with Gasteiger partial charge in [0.2, 0.25) is 0 Å². The smallest absolute Gasteiger partial charge is 0.318 e. The van der Waals surface area contributed by atoms with Crippen LogP contribution in [0.25, 0.3) is 0 Å². The number of amides is 2. The van der Waals surface area contributed by atoms with Crippen LogP contribution in [0.1, 0.15) is 24.0 Å². The van der Waals surface area contributed by atoms with E-state index >= 15 is 0 Å². The Bertz CT molecular complexity index is 651. The number of carbonyl (C=O) groups is 1. The lowest BCUT2D eigenvalue weighted by Gasteiger charge is -2.37. The minimum Gasteiger partial charge on any atom is -0.334 e. The van der Waals surface area contributed by atoms with Crippen LogP contribution in [-0.2, 0) is 13.1 Å². The lowest BCUT2D eigenvalue weighted by atomic mass is 10.0. The highest BCUT2D eigenvalue weighted by Crippen LogP contribution is 2.18. The fourth-order valence-electron chi connectivity index (χ4n) is 3.33. The topological polar surface area (TPSA) is 35.6 Å². The van der Waals surface area contributed by atoms with Crippen molar-refractivity contribution >= 4 is 6.03 Å². The van der Waals surface area contributed by atoms with Gasteiger partial charge >= 0.3 is 6.03 Å². The van der Waals surface area contributed by atoms with E-state index in [1.54, 1.807) is 0 Å². The van der Waals surface area contributed by atoms with Crippen LogP contribution in [0.2, 0.25) is 0 Å². The standard InChI is InChI=1S/C21H27N3O/c1-23-14-12-20(13-15-23)24(17-19-10-6-3-7-11-19)21(25)22-16-18-8-4-2-5-9-18/h2-11,20H,12-17H2,1H3,(H,22,25). The first kappa shape index (κ1) is 17.5. The second kappa shape index (κ2) is 8.67. The van der Waals surface area contributed by atoms with Crippen LogP contribution in [0.4, 0.5) is 4.79 Å². The van der Waals surface area contributed by atoms with E-state index in [1.165, 1.54) is 5.56 Å². The van der Waals surface area contributed by atoms with Crippen molar-refractivity contribution in [1.29, 1.82) is 0 Å². The van der Waals surface area contributed by atoms with Crippen molar-refractivity contribution < 1.29 is 4.79 Å². The highest BCUT2D eigenvalue weighted by atomic mass is 16.2. The maximum absolute atomic E-state index is 12.9. The number of likely N-dealkylation sites (tertiary alicyclic amines) is 1. The molecule has 0 aromatic heterocycles. The molecule has 25 heavy (non-hydrogen) atoms. The third kappa shape index (κ3) is 5.07. The predicted octanol–water partition coefficient (Wildman–Crippen LogP) is 3.49. The molecule has 4 heteroatoms. The molecule has 2 amide bonds.